The van der Waals surface area contributed by atoms with Gasteiger partial charge in [-0.3, -0.25) is 9.59 Å². The largest absolute Gasteiger partial charge is 0.497 e. The molecule has 3 atom stereocenters. The summed E-state index contributed by atoms with van der Waals surface area (Å²) >= 11 is 0. The molecule has 0 unspecified atom stereocenters. The minimum absolute atomic E-state index is 0.00267. The fraction of sp³-hybridized carbons (Fsp3) is 0.500. The lowest BCUT2D eigenvalue weighted by atomic mass is 10.0. The van der Waals surface area contributed by atoms with Gasteiger partial charge in [0.15, 0.2) is 31.3 Å². The van der Waals surface area contributed by atoms with Crippen molar-refractivity contribution in [2.75, 3.05) is 64.8 Å². The van der Waals surface area contributed by atoms with Crippen LogP contribution >= 0.6 is 0 Å². The molecule has 0 aliphatic carbocycles. The third-order valence-electron chi connectivity index (χ3n) is 12.2. The van der Waals surface area contributed by atoms with Crippen molar-refractivity contribution < 1.29 is 37.7 Å². The number of amides is 2. The lowest BCUT2D eigenvalue weighted by Gasteiger charge is -2.38. The Hall–Kier alpha value is -4.88. The first-order valence-electron chi connectivity index (χ1n) is 20.1. The molecule has 57 heavy (non-hydrogen) atoms. The summed E-state index contributed by atoms with van der Waals surface area (Å²) in [5.41, 5.74) is 4.85. The van der Waals surface area contributed by atoms with Gasteiger partial charge in [0, 0.05) is 38.0 Å². The molecule has 0 radical (unpaired) electrons. The van der Waals surface area contributed by atoms with E-state index in [0.717, 1.165) is 60.4 Å². The van der Waals surface area contributed by atoms with Crippen molar-refractivity contribution >= 4 is 37.1 Å². The average Bonchev–Trinajstić information content (AvgIpc) is 3.75. The van der Waals surface area contributed by atoms with Crippen LogP contribution in [0.2, 0.25) is 18.1 Å². The van der Waals surface area contributed by atoms with Gasteiger partial charge in [-0.05, 0) is 85.6 Å². The molecule has 1 saturated heterocycles. The normalized spacial score (nSPS) is 20.2. The second-order valence-electron chi connectivity index (χ2n) is 16.9. The number of anilines is 2. The van der Waals surface area contributed by atoms with Gasteiger partial charge in [-0.25, -0.2) is 0 Å². The van der Waals surface area contributed by atoms with E-state index in [1.807, 2.05) is 52.4 Å². The molecule has 3 aromatic carbocycles. The van der Waals surface area contributed by atoms with E-state index in [-0.39, 0.29) is 35.0 Å². The Morgan fingerprint density at radius 1 is 0.737 bits per heavy atom. The Morgan fingerprint density at radius 2 is 1.32 bits per heavy atom. The molecule has 4 heterocycles. The molecule has 0 saturated carbocycles. The summed E-state index contributed by atoms with van der Waals surface area (Å²) < 4.78 is 35.8. The van der Waals surface area contributed by atoms with Gasteiger partial charge in [0.25, 0.3) is 11.8 Å². The van der Waals surface area contributed by atoms with E-state index in [2.05, 4.69) is 44.5 Å². The van der Waals surface area contributed by atoms with E-state index in [4.69, 9.17) is 28.1 Å². The number of methoxy groups -OCH3 is 3. The molecule has 4 aliphatic rings. The topological polar surface area (TPSA) is 120 Å². The van der Waals surface area contributed by atoms with Crippen LogP contribution in [0, 0.1) is 0 Å². The molecule has 2 amide bonds. The van der Waals surface area contributed by atoms with Crippen molar-refractivity contribution in [2.24, 2.45) is 0 Å². The SMILES string of the molecule is COc1ccc(C2=CN3C(=O)c4cc(OC)c(OCCCCCOc5cc6c(cc5OC)C(=O)N5C[C@H](O[Si](C)(C)C(C)(C)C)C[C@H]5CN6)cc4NC[C@@H]3C2)cc1. The Labute approximate surface area is 337 Å². The van der Waals surface area contributed by atoms with Gasteiger partial charge in [0.05, 0.1) is 75.2 Å². The summed E-state index contributed by atoms with van der Waals surface area (Å²) in [7, 11) is 2.89. The number of carbonyl (C=O) groups is 2. The molecule has 0 bridgehead atoms. The van der Waals surface area contributed by atoms with Crippen LogP contribution in [0.4, 0.5) is 11.4 Å². The average molecular weight is 799 g/mol. The summed E-state index contributed by atoms with van der Waals surface area (Å²) in [6.45, 7) is 14.1. The first kappa shape index (κ1) is 40.3. The number of rotatable bonds is 14. The molecule has 7 rings (SSSR count). The van der Waals surface area contributed by atoms with Gasteiger partial charge in [-0.2, -0.15) is 0 Å². The highest BCUT2D eigenvalue weighted by Gasteiger charge is 2.45. The van der Waals surface area contributed by atoms with E-state index in [1.165, 1.54) is 0 Å². The highest BCUT2D eigenvalue weighted by Crippen LogP contribution is 2.42. The van der Waals surface area contributed by atoms with Gasteiger partial charge in [0.2, 0.25) is 0 Å². The van der Waals surface area contributed by atoms with E-state index < -0.39 is 8.32 Å². The molecule has 2 N–H and O–H groups in total. The molecule has 13 heteroatoms. The lowest BCUT2D eigenvalue weighted by Crippen LogP contribution is -2.44. The Balaban J connectivity index is 0.902. The molecule has 306 valence electrons. The molecular weight excluding hydrogens is 741 g/mol. The molecule has 0 aromatic heterocycles. The smallest absolute Gasteiger partial charge is 0.260 e. The predicted molar refractivity (Wildman–Crippen MR) is 225 cm³/mol. The first-order chi connectivity index (χ1) is 27.3. The molecule has 4 aliphatic heterocycles. The summed E-state index contributed by atoms with van der Waals surface area (Å²) in [5.74, 6) is 3.00. The third-order valence-corrected chi connectivity index (χ3v) is 16.7. The zero-order chi connectivity index (χ0) is 40.5. The van der Waals surface area contributed by atoms with Crippen molar-refractivity contribution in [1.82, 2.24) is 9.80 Å². The van der Waals surface area contributed by atoms with Crippen molar-refractivity contribution in [3.8, 4) is 28.7 Å². The van der Waals surface area contributed by atoms with Crippen LogP contribution in [-0.4, -0.2) is 102 Å². The zero-order valence-electron chi connectivity index (χ0n) is 34.7. The zero-order valence-corrected chi connectivity index (χ0v) is 35.7. The van der Waals surface area contributed by atoms with E-state index in [0.29, 0.717) is 67.0 Å². The van der Waals surface area contributed by atoms with Gasteiger partial charge < -0.3 is 48.5 Å². The van der Waals surface area contributed by atoms with Crippen LogP contribution < -0.4 is 34.3 Å². The summed E-state index contributed by atoms with van der Waals surface area (Å²) in [5, 5.41) is 7.12. The summed E-state index contributed by atoms with van der Waals surface area (Å²) in [6.07, 6.45) is 6.08. The van der Waals surface area contributed by atoms with Crippen LogP contribution in [0.1, 0.15) is 79.2 Å². The van der Waals surface area contributed by atoms with Crippen LogP contribution in [0.15, 0.2) is 54.7 Å². The fourth-order valence-corrected chi connectivity index (χ4v) is 9.23. The number of hydrogen-bond acceptors (Lipinski definition) is 10. The number of benzene rings is 3. The molecule has 1 fully saturated rings. The molecule has 12 nitrogen and oxygen atoms in total. The number of nitrogens with zero attached hydrogens (tertiary/aromatic N) is 2. The Kier molecular flexibility index (Phi) is 11.7. The number of unbranched alkanes of at least 4 members (excludes halogenated alkanes) is 2. The number of fused-ring (bicyclic) bond motifs is 4. The lowest BCUT2D eigenvalue weighted by molar-refractivity contribution is 0.0730. The first-order valence-corrected chi connectivity index (χ1v) is 23.0. The second kappa shape index (κ2) is 16.5. The number of carbonyl (C=O) groups excluding carboxylic acids is 2. The summed E-state index contributed by atoms with van der Waals surface area (Å²) in [6, 6.07) is 15.3. The third kappa shape index (κ3) is 8.41. The van der Waals surface area contributed by atoms with Crippen LogP contribution in [0.3, 0.4) is 0 Å². The highest BCUT2D eigenvalue weighted by atomic mass is 28.4. The van der Waals surface area contributed by atoms with Crippen LogP contribution in [-0.2, 0) is 4.43 Å². The van der Waals surface area contributed by atoms with Crippen molar-refractivity contribution in [1.29, 1.82) is 0 Å². The molecular formula is C44H58N4O8Si. The molecule has 0 spiro atoms. The highest BCUT2D eigenvalue weighted by molar-refractivity contribution is 6.74. The van der Waals surface area contributed by atoms with Crippen molar-refractivity contribution in [2.45, 2.75) is 89.2 Å². The van der Waals surface area contributed by atoms with E-state index >= 15 is 0 Å². The molecule has 3 aromatic rings. The van der Waals surface area contributed by atoms with Gasteiger partial charge in [-0.1, -0.05) is 32.9 Å². The van der Waals surface area contributed by atoms with Crippen LogP contribution in [0.5, 0.6) is 28.7 Å². The Bertz CT molecular complexity index is 1990. The number of hydrogen-bond donors (Lipinski definition) is 2. The predicted octanol–water partition coefficient (Wildman–Crippen LogP) is 8.05. The maximum atomic E-state index is 13.8. The number of ether oxygens (including phenoxy) is 5. The fourth-order valence-electron chi connectivity index (χ4n) is 7.87. The van der Waals surface area contributed by atoms with Gasteiger partial charge in [0.1, 0.15) is 5.75 Å². The second-order valence-corrected chi connectivity index (χ2v) is 21.7. The summed E-state index contributed by atoms with van der Waals surface area (Å²) in [4.78, 5) is 31.4. The monoisotopic (exact) mass is 798 g/mol. The van der Waals surface area contributed by atoms with Crippen molar-refractivity contribution in [3.05, 3.63) is 71.4 Å². The van der Waals surface area contributed by atoms with Gasteiger partial charge >= 0.3 is 0 Å². The standard InChI is InChI=1S/C44H58N4O8Si/c1-44(2,3)57(7,8)56-33-19-31-25-46-37-23-41(39(53-6)21-35(37)43(50)48(31)27-33)55-17-11-9-10-16-54-40-22-36-34(20-38(40)52-5)42(49)47-26-29(18-30(47)24-45-36)28-12-14-32(51-4)15-13-28/h12-15,20-23,26,30-31,33,45-46H,9-11,16-19,24-25,27H2,1-8H3/t30-,31-,33+/m0/s1. The quantitative estimate of drug-likeness (QED) is 0.123. The minimum atomic E-state index is -1.95. The van der Waals surface area contributed by atoms with Gasteiger partial charge in [-0.15, -0.1) is 0 Å². The van der Waals surface area contributed by atoms with Crippen molar-refractivity contribution in [3.63, 3.8) is 0 Å². The maximum absolute atomic E-state index is 13.8. The maximum Gasteiger partial charge on any atom is 0.260 e. The minimum Gasteiger partial charge on any atom is -0.497 e. The van der Waals surface area contributed by atoms with E-state index in [9.17, 15) is 9.59 Å². The Morgan fingerprint density at radius 3 is 1.88 bits per heavy atom. The van der Waals surface area contributed by atoms with E-state index in [1.54, 1.807) is 33.5 Å². The van der Waals surface area contributed by atoms with Crippen LogP contribution in [0.25, 0.3) is 5.57 Å². The number of nitrogens with one attached hydrogen (secondary N) is 2.